The maximum absolute atomic E-state index is 6.16. The highest BCUT2D eigenvalue weighted by Gasteiger charge is 2.37. The van der Waals surface area contributed by atoms with Gasteiger partial charge in [0.15, 0.2) is 0 Å². The van der Waals surface area contributed by atoms with Crippen molar-refractivity contribution < 1.29 is 0 Å². The molecule has 0 bridgehead atoms. The first kappa shape index (κ1) is 13.6. The number of aryl methyl sites for hydroxylation is 1. The van der Waals surface area contributed by atoms with Crippen molar-refractivity contribution >= 4 is 22.6 Å². The Balaban J connectivity index is 1.73. The molecule has 2 heterocycles. The van der Waals surface area contributed by atoms with Crippen molar-refractivity contribution in [3.63, 3.8) is 0 Å². The third-order valence-electron chi connectivity index (χ3n) is 5.23. The van der Waals surface area contributed by atoms with Crippen LogP contribution in [0.5, 0.6) is 0 Å². The second-order valence-electron chi connectivity index (χ2n) is 6.45. The minimum Gasteiger partial charge on any atom is -0.327 e. The van der Waals surface area contributed by atoms with Gasteiger partial charge in [-0.15, -0.1) is 0 Å². The highest BCUT2D eigenvalue weighted by molar-refractivity contribution is 6.31. The maximum atomic E-state index is 6.16. The molecule has 3 unspecified atom stereocenters. The molecule has 0 amide bonds. The number of nitrogens with zero attached hydrogens (tertiary/aromatic N) is 2. The summed E-state index contributed by atoms with van der Waals surface area (Å²) in [4.78, 5) is 4.91. The van der Waals surface area contributed by atoms with Crippen molar-refractivity contribution in [2.45, 2.75) is 57.7 Å². The predicted octanol–water partition coefficient (Wildman–Crippen LogP) is 4.30. The molecule has 1 aliphatic heterocycles. The number of halogens is 1. The molecule has 21 heavy (non-hydrogen) atoms. The van der Waals surface area contributed by atoms with Crippen LogP contribution in [0.15, 0.2) is 18.2 Å². The van der Waals surface area contributed by atoms with Gasteiger partial charge in [0, 0.05) is 17.6 Å². The summed E-state index contributed by atoms with van der Waals surface area (Å²) in [6.45, 7) is 3.13. The fourth-order valence-electron chi connectivity index (χ4n) is 4.23. The minimum absolute atomic E-state index is 0.407. The second-order valence-corrected chi connectivity index (χ2v) is 6.89. The summed E-state index contributed by atoms with van der Waals surface area (Å²) < 4.78 is 2.33. The summed E-state index contributed by atoms with van der Waals surface area (Å²) in [5.41, 5.74) is 2.23. The van der Waals surface area contributed by atoms with Gasteiger partial charge in [-0.05, 0) is 50.3 Å². The van der Waals surface area contributed by atoms with Crippen LogP contribution in [0.1, 0.15) is 50.9 Å². The number of aromatic nitrogens is 2. The van der Waals surface area contributed by atoms with Gasteiger partial charge in [-0.25, -0.2) is 4.98 Å². The zero-order chi connectivity index (χ0) is 14.4. The standard InChI is InChI=1S/C17H22ClN3/c1-2-21-16-10-12(18)7-8-14(16)20-17(21)15-9-11-5-3-4-6-13(11)19-15/h7-8,10-11,13,15,19H,2-6,9H2,1H3. The lowest BCUT2D eigenvalue weighted by molar-refractivity contribution is 0.325. The summed E-state index contributed by atoms with van der Waals surface area (Å²) in [6.07, 6.45) is 6.73. The zero-order valence-electron chi connectivity index (χ0n) is 12.5. The first-order chi connectivity index (χ1) is 10.3. The van der Waals surface area contributed by atoms with Gasteiger partial charge in [0.2, 0.25) is 0 Å². The average Bonchev–Trinajstić information content (AvgIpc) is 3.07. The van der Waals surface area contributed by atoms with E-state index < -0.39 is 0 Å². The van der Waals surface area contributed by atoms with Gasteiger partial charge in [-0.1, -0.05) is 24.4 Å². The first-order valence-corrected chi connectivity index (χ1v) is 8.56. The summed E-state index contributed by atoms with van der Waals surface area (Å²) in [5, 5.41) is 4.63. The summed E-state index contributed by atoms with van der Waals surface area (Å²) in [5.74, 6) is 2.04. The third kappa shape index (κ3) is 2.27. The van der Waals surface area contributed by atoms with E-state index >= 15 is 0 Å². The summed E-state index contributed by atoms with van der Waals surface area (Å²) in [6, 6.07) is 7.12. The van der Waals surface area contributed by atoms with Crippen molar-refractivity contribution in [1.29, 1.82) is 0 Å². The average molecular weight is 304 g/mol. The number of nitrogens with one attached hydrogen (secondary N) is 1. The van der Waals surface area contributed by atoms with Crippen LogP contribution in [0.25, 0.3) is 11.0 Å². The molecule has 3 atom stereocenters. The topological polar surface area (TPSA) is 29.9 Å². The number of fused-ring (bicyclic) bond motifs is 2. The number of hydrogen-bond donors (Lipinski definition) is 1. The third-order valence-corrected chi connectivity index (χ3v) is 5.47. The molecular formula is C17H22ClN3. The van der Waals surface area contributed by atoms with E-state index in [0.717, 1.165) is 28.5 Å². The van der Waals surface area contributed by atoms with Gasteiger partial charge in [0.05, 0.1) is 17.1 Å². The van der Waals surface area contributed by atoms with Gasteiger partial charge in [0.25, 0.3) is 0 Å². The largest absolute Gasteiger partial charge is 0.327 e. The lowest BCUT2D eigenvalue weighted by Gasteiger charge is -2.24. The molecule has 0 radical (unpaired) electrons. The van der Waals surface area contributed by atoms with Crippen LogP contribution in [0.2, 0.25) is 5.02 Å². The SMILES string of the molecule is CCn1c(C2CC3CCCCC3N2)nc2ccc(Cl)cc21. The predicted molar refractivity (Wildman–Crippen MR) is 86.7 cm³/mol. The van der Waals surface area contributed by atoms with Crippen molar-refractivity contribution in [3.05, 3.63) is 29.0 Å². The normalized spacial score (nSPS) is 29.0. The number of imidazole rings is 1. The van der Waals surface area contributed by atoms with E-state index in [0.29, 0.717) is 12.1 Å². The molecular weight excluding hydrogens is 282 g/mol. The van der Waals surface area contributed by atoms with E-state index in [1.807, 2.05) is 18.2 Å². The van der Waals surface area contributed by atoms with Crippen LogP contribution in [0.4, 0.5) is 0 Å². The Labute approximate surface area is 130 Å². The van der Waals surface area contributed by atoms with E-state index in [1.54, 1.807) is 0 Å². The first-order valence-electron chi connectivity index (χ1n) is 8.18. The lowest BCUT2D eigenvalue weighted by Crippen LogP contribution is -2.31. The van der Waals surface area contributed by atoms with Crippen molar-refractivity contribution in [2.75, 3.05) is 0 Å². The number of benzene rings is 1. The Morgan fingerprint density at radius 2 is 2.19 bits per heavy atom. The van der Waals surface area contributed by atoms with E-state index in [1.165, 1.54) is 37.9 Å². The molecule has 1 aliphatic carbocycles. The zero-order valence-corrected chi connectivity index (χ0v) is 13.2. The Bertz CT molecular complexity index is 649. The minimum atomic E-state index is 0.407. The Morgan fingerprint density at radius 1 is 1.33 bits per heavy atom. The van der Waals surface area contributed by atoms with Crippen LogP contribution in [0.3, 0.4) is 0 Å². The highest BCUT2D eigenvalue weighted by atomic mass is 35.5. The second kappa shape index (κ2) is 5.29. The number of hydrogen-bond acceptors (Lipinski definition) is 2. The number of rotatable bonds is 2. The molecule has 1 saturated heterocycles. The van der Waals surface area contributed by atoms with Crippen LogP contribution in [-0.2, 0) is 6.54 Å². The molecule has 2 aromatic rings. The molecule has 4 heteroatoms. The molecule has 1 saturated carbocycles. The molecule has 2 fully saturated rings. The Kier molecular flexibility index (Phi) is 3.43. The van der Waals surface area contributed by atoms with E-state index in [4.69, 9.17) is 16.6 Å². The van der Waals surface area contributed by atoms with Crippen molar-refractivity contribution in [2.24, 2.45) is 5.92 Å². The van der Waals surface area contributed by atoms with Crippen LogP contribution in [0, 0.1) is 5.92 Å². The maximum Gasteiger partial charge on any atom is 0.127 e. The molecule has 4 rings (SSSR count). The van der Waals surface area contributed by atoms with Gasteiger partial charge < -0.3 is 9.88 Å². The van der Waals surface area contributed by atoms with Gasteiger partial charge in [-0.2, -0.15) is 0 Å². The quantitative estimate of drug-likeness (QED) is 0.896. The fraction of sp³-hybridized carbons (Fsp3) is 0.588. The highest BCUT2D eigenvalue weighted by Crippen LogP contribution is 2.39. The summed E-state index contributed by atoms with van der Waals surface area (Å²) >= 11 is 6.16. The van der Waals surface area contributed by atoms with Gasteiger partial charge in [-0.3, -0.25) is 0 Å². The van der Waals surface area contributed by atoms with Crippen molar-refractivity contribution in [3.8, 4) is 0 Å². The van der Waals surface area contributed by atoms with Crippen LogP contribution >= 0.6 is 11.6 Å². The molecule has 2 aliphatic rings. The van der Waals surface area contributed by atoms with Crippen LogP contribution < -0.4 is 5.32 Å². The molecule has 1 N–H and O–H groups in total. The van der Waals surface area contributed by atoms with Gasteiger partial charge in [0.1, 0.15) is 5.82 Å². The lowest BCUT2D eigenvalue weighted by atomic mass is 9.85. The smallest absolute Gasteiger partial charge is 0.127 e. The van der Waals surface area contributed by atoms with E-state index in [2.05, 4.69) is 16.8 Å². The molecule has 3 nitrogen and oxygen atoms in total. The van der Waals surface area contributed by atoms with Gasteiger partial charge >= 0.3 is 0 Å². The van der Waals surface area contributed by atoms with E-state index in [9.17, 15) is 0 Å². The fourth-order valence-corrected chi connectivity index (χ4v) is 4.40. The Hall–Kier alpha value is -1.06. The van der Waals surface area contributed by atoms with Crippen molar-refractivity contribution in [1.82, 2.24) is 14.9 Å². The van der Waals surface area contributed by atoms with E-state index in [-0.39, 0.29) is 0 Å². The monoisotopic (exact) mass is 303 g/mol. The molecule has 1 aromatic heterocycles. The molecule has 0 spiro atoms. The Morgan fingerprint density at radius 3 is 3.00 bits per heavy atom. The van der Waals surface area contributed by atoms with Crippen LogP contribution in [-0.4, -0.2) is 15.6 Å². The summed E-state index contributed by atoms with van der Waals surface area (Å²) in [7, 11) is 0. The molecule has 112 valence electrons. The molecule has 1 aromatic carbocycles.